The summed E-state index contributed by atoms with van der Waals surface area (Å²) in [6, 6.07) is 0. The van der Waals surface area contributed by atoms with Gasteiger partial charge in [0, 0.05) is 18.5 Å². The second-order valence-corrected chi connectivity index (χ2v) is 4.80. The van der Waals surface area contributed by atoms with Gasteiger partial charge in [0.25, 0.3) is 5.91 Å². The van der Waals surface area contributed by atoms with E-state index in [1.165, 1.54) is 11.3 Å². The fraction of sp³-hybridized carbons (Fsp3) is 0.500. The fourth-order valence-corrected chi connectivity index (χ4v) is 2.34. The predicted molar refractivity (Wildman–Crippen MR) is 67.4 cm³/mol. The summed E-state index contributed by atoms with van der Waals surface area (Å²) in [5.41, 5.74) is 1.62. The minimum atomic E-state index is -0.877. The molecule has 1 amide bonds. The van der Waals surface area contributed by atoms with Crippen molar-refractivity contribution < 1.29 is 14.7 Å². The molecule has 1 aromatic heterocycles. The maximum atomic E-state index is 12.2. The Morgan fingerprint density at radius 3 is 2.53 bits per heavy atom. The van der Waals surface area contributed by atoms with Crippen molar-refractivity contribution in [3.63, 3.8) is 0 Å². The molecule has 1 rings (SSSR count). The van der Waals surface area contributed by atoms with Gasteiger partial charge in [-0.3, -0.25) is 9.59 Å². The van der Waals surface area contributed by atoms with Gasteiger partial charge < -0.3 is 10.0 Å². The first-order valence-corrected chi connectivity index (χ1v) is 6.46. The molecule has 17 heavy (non-hydrogen) atoms. The largest absolute Gasteiger partial charge is 0.481 e. The highest BCUT2D eigenvalue weighted by Gasteiger charge is 2.21. The van der Waals surface area contributed by atoms with Crippen LogP contribution in [0.25, 0.3) is 0 Å². The Labute approximate surface area is 105 Å². The Hall–Kier alpha value is -1.36. The molecule has 1 atom stereocenters. The standard InChI is InChI=1S/C12H17NO3S/c1-4-13(5-8(2)12(15)16)11(14)10-7-17-6-9(10)3/h6-8H,4-5H2,1-3H3,(H,15,16). The number of amides is 1. The molecule has 1 heterocycles. The molecule has 4 nitrogen and oxygen atoms in total. The van der Waals surface area contributed by atoms with E-state index >= 15 is 0 Å². The molecule has 0 aliphatic carbocycles. The third-order valence-corrected chi connectivity index (χ3v) is 3.53. The molecule has 0 aliphatic heterocycles. The van der Waals surface area contributed by atoms with Crippen LogP contribution in [0, 0.1) is 12.8 Å². The maximum absolute atomic E-state index is 12.2. The Kier molecular flexibility index (Phi) is 4.69. The van der Waals surface area contributed by atoms with E-state index in [0.717, 1.165) is 5.56 Å². The normalized spacial score (nSPS) is 12.2. The molecule has 1 aromatic rings. The molecule has 0 spiro atoms. The van der Waals surface area contributed by atoms with Crippen molar-refractivity contribution in [2.75, 3.05) is 13.1 Å². The average molecular weight is 255 g/mol. The summed E-state index contributed by atoms with van der Waals surface area (Å²) in [4.78, 5) is 24.5. The maximum Gasteiger partial charge on any atom is 0.308 e. The number of nitrogens with zero attached hydrogens (tertiary/aromatic N) is 1. The van der Waals surface area contributed by atoms with Gasteiger partial charge in [0.15, 0.2) is 0 Å². The van der Waals surface area contributed by atoms with E-state index in [9.17, 15) is 9.59 Å². The lowest BCUT2D eigenvalue weighted by molar-refractivity contribution is -0.141. The molecule has 1 N–H and O–H groups in total. The molecule has 0 radical (unpaired) electrons. The van der Waals surface area contributed by atoms with Gasteiger partial charge in [0.1, 0.15) is 0 Å². The highest BCUT2D eigenvalue weighted by atomic mass is 32.1. The second kappa shape index (κ2) is 5.82. The molecule has 1 unspecified atom stereocenters. The van der Waals surface area contributed by atoms with Crippen LogP contribution in [0.4, 0.5) is 0 Å². The lowest BCUT2D eigenvalue weighted by Gasteiger charge is -2.22. The van der Waals surface area contributed by atoms with Crippen LogP contribution in [-0.4, -0.2) is 35.0 Å². The topological polar surface area (TPSA) is 57.6 Å². The number of hydrogen-bond acceptors (Lipinski definition) is 3. The van der Waals surface area contributed by atoms with Gasteiger partial charge in [-0.25, -0.2) is 0 Å². The second-order valence-electron chi connectivity index (χ2n) is 4.05. The number of thiophene rings is 1. The third kappa shape index (κ3) is 3.30. The third-order valence-electron chi connectivity index (χ3n) is 2.67. The lowest BCUT2D eigenvalue weighted by atomic mass is 10.1. The van der Waals surface area contributed by atoms with Crippen molar-refractivity contribution in [2.24, 2.45) is 5.92 Å². The molecule has 94 valence electrons. The van der Waals surface area contributed by atoms with Crippen LogP contribution in [0.15, 0.2) is 10.8 Å². The highest BCUT2D eigenvalue weighted by molar-refractivity contribution is 7.08. The van der Waals surface area contributed by atoms with Crippen molar-refractivity contribution in [1.82, 2.24) is 4.90 Å². The van der Waals surface area contributed by atoms with Crippen LogP contribution in [-0.2, 0) is 4.79 Å². The number of carboxylic acids is 1. The molecule has 0 aromatic carbocycles. The Bertz CT molecular complexity index is 414. The zero-order chi connectivity index (χ0) is 13.0. The van der Waals surface area contributed by atoms with Gasteiger partial charge in [-0.15, -0.1) is 0 Å². The van der Waals surface area contributed by atoms with Crippen LogP contribution < -0.4 is 0 Å². The summed E-state index contributed by atoms with van der Waals surface area (Å²) < 4.78 is 0. The van der Waals surface area contributed by atoms with Crippen LogP contribution in [0.2, 0.25) is 0 Å². The minimum Gasteiger partial charge on any atom is -0.481 e. The molecular weight excluding hydrogens is 238 g/mol. The van der Waals surface area contributed by atoms with Crippen LogP contribution >= 0.6 is 11.3 Å². The summed E-state index contributed by atoms with van der Waals surface area (Å²) in [5.74, 6) is -1.50. The van der Waals surface area contributed by atoms with Gasteiger partial charge in [-0.1, -0.05) is 6.92 Å². The number of aryl methyl sites for hydroxylation is 1. The molecular formula is C12H17NO3S. The Morgan fingerprint density at radius 2 is 2.12 bits per heavy atom. The molecule has 0 saturated heterocycles. The van der Waals surface area contributed by atoms with E-state index in [2.05, 4.69) is 0 Å². The van der Waals surface area contributed by atoms with Crippen LogP contribution in [0.3, 0.4) is 0 Å². The number of hydrogen-bond donors (Lipinski definition) is 1. The van der Waals surface area contributed by atoms with Gasteiger partial charge >= 0.3 is 5.97 Å². The summed E-state index contributed by atoms with van der Waals surface area (Å²) in [6.45, 7) is 6.12. The molecule has 5 heteroatoms. The average Bonchev–Trinajstić information content (AvgIpc) is 2.70. The fourth-order valence-electron chi connectivity index (χ4n) is 1.51. The van der Waals surface area contributed by atoms with E-state index in [4.69, 9.17) is 5.11 Å². The molecule has 0 saturated carbocycles. The lowest BCUT2D eigenvalue weighted by Crippen LogP contribution is -2.36. The quantitative estimate of drug-likeness (QED) is 0.877. The minimum absolute atomic E-state index is 0.0839. The summed E-state index contributed by atoms with van der Waals surface area (Å²) in [7, 11) is 0. The first-order valence-electron chi connectivity index (χ1n) is 5.52. The number of rotatable bonds is 5. The van der Waals surface area contributed by atoms with Crippen LogP contribution in [0.5, 0.6) is 0 Å². The Morgan fingerprint density at radius 1 is 1.47 bits per heavy atom. The van der Waals surface area contributed by atoms with Crippen molar-refractivity contribution in [3.05, 3.63) is 21.9 Å². The van der Waals surface area contributed by atoms with E-state index in [0.29, 0.717) is 12.1 Å². The first kappa shape index (κ1) is 13.7. The van der Waals surface area contributed by atoms with Crippen molar-refractivity contribution in [1.29, 1.82) is 0 Å². The van der Waals surface area contributed by atoms with Gasteiger partial charge in [0.2, 0.25) is 0 Å². The monoisotopic (exact) mass is 255 g/mol. The van der Waals surface area contributed by atoms with E-state index < -0.39 is 11.9 Å². The SMILES string of the molecule is CCN(CC(C)C(=O)O)C(=O)c1cscc1C. The summed E-state index contributed by atoms with van der Waals surface area (Å²) in [5, 5.41) is 12.6. The number of carboxylic acid groups (broad SMARTS) is 1. The molecule has 0 aliphatic rings. The van der Waals surface area contributed by atoms with Gasteiger partial charge in [-0.05, 0) is 24.8 Å². The van der Waals surface area contributed by atoms with Gasteiger partial charge in [-0.2, -0.15) is 11.3 Å². The number of carbonyl (C=O) groups is 2. The predicted octanol–water partition coefficient (Wildman–Crippen LogP) is 2.24. The smallest absolute Gasteiger partial charge is 0.308 e. The van der Waals surface area contributed by atoms with Crippen molar-refractivity contribution >= 4 is 23.2 Å². The Balaban J connectivity index is 2.78. The van der Waals surface area contributed by atoms with E-state index in [1.807, 2.05) is 24.6 Å². The number of aliphatic carboxylic acids is 1. The highest BCUT2D eigenvalue weighted by Crippen LogP contribution is 2.16. The molecule has 0 bridgehead atoms. The molecule has 0 fully saturated rings. The first-order chi connectivity index (χ1) is 7.97. The van der Waals surface area contributed by atoms with E-state index in [1.54, 1.807) is 11.8 Å². The van der Waals surface area contributed by atoms with E-state index in [-0.39, 0.29) is 12.5 Å². The van der Waals surface area contributed by atoms with Gasteiger partial charge in [0.05, 0.1) is 11.5 Å². The summed E-state index contributed by atoms with van der Waals surface area (Å²) >= 11 is 1.48. The van der Waals surface area contributed by atoms with Crippen LogP contribution in [0.1, 0.15) is 29.8 Å². The van der Waals surface area contributed by atoms with Crippen molar-refractivity contribution in [3.8, 4) is 0 Å². The van der Waals surface area contributed by atoms with Crippen molar-refractivity contribution in [2.45, 2.75) is 20.8 Å². The zero-order valence-electron chi connectivity index (χ0n) is 10.3. The zero-order valence-corrected chi connectivity index (χ0v) is 11.1. The summed E-state index contributed by atoms with van der Waals surface area (Å²) in [6.07, 6.45) is 0. The number of carbonyl (C=O) groups excluding carboxylic acids is 1.